The van der Waals surface area contributed by atoms with Crippen LogP contribution >= 0.6 is 0 Å². The number of carbonyl (C=O) groups is 4. The molecule has 0 saturated carbocycles. The minimum atomic E-state index is -0.435. The van der Waals surface area contributed by atoms with Crippen molar-refractivity contribution in [1.29, 1.82) is 0 Å². The van der Waals surface area contributed by atoms with Gasteiger partial charge < -0.3 is 10.2 Å². The van der Waals surface area contributed by atoms with Gasteiger partial charge in [0.15, 0.2) is 0 Å². The first-order valence-electron chi connectivity index (χ1n) is 9.16. The molecule has 0 radical (unpaired) electrons. The van der Waals surface area contributed by atoms with Crippen LogP contribution in [0.15, 0.2) is 36.4 Å². The van der Waals surface area contributed by atoms with Crippen molar-refractivity contribution < 1.29 is 29.4 Å². The fraction of sp³-hybridized carbons (Fsp3) is 0.238. The summed E-state index contributed by atoms with van der Waals surface area (Å²) < 4.78 is 0. The number of aliphatic hydroxyl groups excluding tert-OH is 2. The molecule has 4 rings (SSSR count). The highest BCUT2D eigenvalue weighted by atomic mass is 16.3. The number of carbonyl (C=O) groups excluding carboxylic acids is 4. The molecular weight excluding hydrogens is 376 g/mol. The van der Waals surface area contributed by atoms with Gasteiger partial charge in [-0.2, -0.15) is 0 Å². The van der Waals surface area contributed by atoms with Crippen LogP contribution in [-0.4, -0.2) is 69.9 Å². The third kappa shape index (κ3) is 3.02. The molecule has 8 nitrogen and oxygen atoms in total. The Balaban J connectivity index is 1.60. The Labute approximate surface area is 166 Å². The second-order valence-electron chi connectivity index (χ2n) is 6.91. The molecule has 0 atom stereocenters. The van der Waals surface area contributed by atoms with Crippen molar-refractivity contribution >= 4 is 23.6 Å². The zero-order valence-corrected chi connectivity index (χ0v) is 15.4. The lowest BCUT2D eigenvalue weighted by molar-refractivity contribution is 0.0610. The maximum Gasteiger partial charge on any atom is 0.261 e. The molecule has 0 aliphatic carbocycles. The van der Waals surface area contributed by atoms with E-state index in [2.05, 4.69) is 0 Å². The van der Waals surface area contributed by atoms with Crippen molar-refractivity contribution in [3.8, 4) is 0 Å². The van der Waals surface area contributed by atoms with Crippen molar-refractivity contribution in [3.63, 3.8) is 0 Å². The Bertz CT molecular complexity index is 978. The van der Waals surface area contributed by atoms with Gasteiger partial charge in [0.2, 0.25) is 0 Å². The van der Waals surface area contributed by atoms with Crippen molar-refractivity contribution in [3.05, 3.63) is 69.8 Å². The third-order valence-electron chi connectivity index (χ3n) is 5.13. The molecule has 29 heavy (non-hydrogen) atoms. The van der Waals surface area contributed by atoms with Crippen molar-refractivity contribution in [1.82, 2.24) is 9.80 Å². The highest BCUT2D eigenvalue weighted by Crippen LogP contribution is 2.27. The molecule has 2 aliphatic heterocycles. The summed E-state index contributed by atoms with van der Waals surface area (Å²) in [5.41, 5.74) is 2.76. The Kier molecular flexibility index (Phi) is 4.73. The van der Waals surface area contributed by atoms with Crippen LogP contribution in [0.25, 0.3) is 0 Å². The monoisotopic (exact) mass is 394 g/mol. The van der Waals surface area contributed by atoms with Gasteiger partial charge in [-0.25, -0.2) is 0 Å². The molecule has 0 aromatic heterocycles. The highest BCUT2D eigenvalue weighted by Gasteiger charge is 2.36. The zero-order valence-electron chi connectivity index (χ0n) is 15.4. The molecule has 0 saturated heterocycles. The van der Waals surface area contributed by atoms with Gasteiger partial charge in [0.05, 0.1) is 48.6 Å². The average molecular weight is 394 g/mol. The fourth-order valence-electron chi connectivity index (χ4n) is 3.74. The van der Waals surface area contributed by atoms with E-state index in [0.29, 0.717) is 28.7 Å². The van der Waals surface area contributed by atoms with Crippen LogP contribution in [0.4, 0.5) is 0 Å². The van der Waals surface area contributed by atoms with Gasteiger partial charge in [-0.15, -0.1) is 0 Å². The number of nitrogens with zero attached hydrogens (tertiary/aromatic N) is 2. The van der Waals surface area contributed by atoms with Gasteiger partial charge in [0, 0.05) is 0 Å². The molecule has 2 N–H and O–H groups in total. The summed E-state index contributed by atoms with van der Waals surface area (Å²) in [7, 11) is 0. The largest absolute Gasteiger partial charge is 0.395 e. The standard InChI is InChI=1S/C21H18N2O6/c24-7-5-22-18(26)14-3-1-12(10-16(14)20(22)28)9-13-2-4-15-17(11-13)21(29)23(6-8-25)19(15)27/h1-4,10-11,24-25H,5-9H2. The lowest BCUT2D eigenvalue weighted by Gasteiger charge is -2.10. The SMILES string of the molecule is O=C1c2ccc(Cc3ccc4c(c3)C(=O)N(CCO)C4=O)cc2C(=O)N1CCO. The maximum atomic E-state index is 12.4. The lowest BCUT2D eigenvalue weighted by Crippen LogP contribution is -2.32. The minimum absolute atomic E-state index is 0.0486. The first-order valence-corrected chi connectivity index (χ1v) is 9.16. The van der Waals surface area contributed by atoms with Crippen molar-refractivity contribution in [2.75, 3.05) is 26.3 Å². The van der Waals surface area contributed by atoms with Crippen molar-refractivity contribution in [2.45, 2.75) is 6.42 Å². The Morgan fingerprint density at radius 3 is 1.34 bits per heavy atom. The highest BCUT2D eigenvalue weighted by molar-refractivity contribution is 6.22. The average Bonchev–Trinajstić information content (AvgIpc) is 3.09. The number of imide groups is 2. The van der Waals surface area contributed by atoms with Crippen LogP contribution in [0.1, 0.15) is 52.6 Å². The van der Waals surface area contributed by atoms with Crippen LogP contribution in [0.5, 0.6) is 0 Å². The summed E-state index contributed by atoms with van der Waals surface area (Å²) in [4.78, 5) is 51.4. The number of benzene rings is 2. The smallest absolute Gasteiger partial charge is 0.261 e. The van der Waals surface area contributed by atoms with E-state index in [9.17, 15) is 19.2 Å². The first-order chi connectivity index (χ1) is 14.0. The molecule has 148 valence electrons. The van der Waals surface area contributed by atoms with Gasteiger partial charge in [-0.3, -0.25) is 29.0 Å². The minimum Gasteiger partial charge on any atom is -0.395 e. The van der Waals surface area contributed by atoms with Gasteiger partial charge in [-0.05, 0) is 41.8 Å². The number of rotatable bonds is 6. The van der Waals surface area contributed by atoms with E-state index in [1.165, 1.54) is 0 Å². The molecule has 2 aromatic rings. The zero-order chi connectivity index (χ0) is 20.7. The number of hydrogen-bond acceptors (Lipinski definition) is 6. The lowest BCUT2D eigenvalue weighted by atomic mass is 9.98. The summed E-state index contributed by atoms with van der Waals surface area (Å²) in [6.45, 7) is -0.693. The number of hydrogen-bond donors (Lipinski definition) is 2. The van der Waals surface area contributed by atoms with E-state index in [1.807, 2.05) is 0 Å². The molecule has 2 aromatic carbocycles. The number of aliphatic hydroxyl groups is 2. The van der Waals surface area contributed by atoms with E-state index in [0.717, 1.165) is 20.9 Å². The topological polar surface area (TPSA) is 115 Å². The van der Waals surface area contributed by atoms with E-state index < -0.39 is 23.6 Å². The van der Waals surface area contributed by atoms with Gasteiger partial charge in [-0.1, -0.05) is 12.1 Å². The maximum absolute atomic E-state index is 12.4. The second kappa shape index (κ2) is 7.23. The molecule has 0 bridgehead atoms. The number of amides is 4. The molecule has 2 aliphatic rings. The van der Waals surface area contributed by atoms with Crippen LogP contribution in [0.2, 0.25) is 0 Å². The summed E-state index contributed by atoms with van der Waals surface area (Å²) in [6, 6.07) is 9.95. The van der Waals surface area contributed by atoms with E-state index in [-0.39, 0.29) is 26.3 Å². The van der Waals surface area contributed by atoms with Crippen LogP contribution in [0, 0.1) is 0 Å². The van der Waals surface area contributed by atoms with Crippen LogP contribution in [0.3, 0.4) is 0 Å². The molecule has 8 heteroatoms. The Morgan fingerprint density at radius 2 is 0.966 bits per heavy atom. The van der Waals surface area contributed by atoms with Crippen LogP contribution < -0.4 is 0 Å². The van der Waals surface area contributed by atoms with E-state index in [4.69, 9.17) is 10.2 Å². The summed E-state index contributed by atoms with van der Waals surface area (Å²) >= 11 is 0. The Hall–Kier alpha value is -3.36. The predicted molar refractivity (Wildman–Crippen MR) is 101 cm³/mol. The third-order valence-corrected chi connectivity index (χ3v) is 5.13. The van der Waals surface area contributed by atoms with Gasteiger partial charge in [0.1, 0.15) is 0 Å². The summed E-state index contributed by atoms with van der Waals surface area (Å²) in [5, 5.41) is 18.1. The van der Waals surface area contributed by atoms with E-state index >= 15 is 0 Å². The Morgan fingerprint density at radius 1 is 0.586 bits per heavy atom. The van der Waals surface area contributed by atoms with Crippen molar-refractivity contribution in [2.24, 2.45) is 0 Å². The van der Waals surface area contributed by atoms with Gasteiger partial charge >= 0.3 is 0 Å². The molecule has 0 spiro atoms. The first kappa shape index (κ1) is 19.0. The number of β-amino-alcohol motifs (C(OH)–C–C–N with tert-alkyl or cyclic N) is 2. The molecular formula is C21H18N2O6. The summed E-state index contributed by atoms with van der Waals surface area (Å²) in [5.74, 6) is -1.71. The normalized spacial score (nSPS) is 15.4. The fourth-order valence-corrected chi connectivity index (χ4v) is 3.74. The second-order valence-corrected chi connectivity index (χ2v) is 6.91. The summed E-state index contributed by atoms with van der Waals surface area (Å²) in [6.07, 6.45) is 0.406. The quantitative estimate of drug-likeness (QED) is 0.688. The molecule has 4 amide bonds. The van der Waals surface area contributed by atoms with Crippen LogP contribution in [-0.2, 0) is 6.42 Å². The molecule has 0 unspecified atom stereocenters. The van der Waals surface area contributed by atoms with Gasteiger partial charge in [0.25, 0.3) is 23.6 Å². The van der Waals surface area contributed by atoms with E-state index in [1.54, 1.807) is 36.4 Å². The molecule has 0 fully saturated rings. The predicted octanol–water partition coefficient (Wildman–Crippen LogP) is 0.454. The number of fused-ring (bicyclic) bond motifs is 2. The molecule has 2 heterocycles.